The van der Waals surface area contributed by atoms with Crippen molar-refractivity contribution in [2.45, 2.75) is 44.1 Å². The fourth-order valence-electron chi connectivity index (χ4n) is 5.88. The van der Waals surface area contributed by atoms with Crippen molar-refractivity contribution in [3.8, 4) is 23.2 Å². The van der Waals surface area contributed by atoms with Gasteiger partial charge in [-0.2, -0.15) is 5.26 Å². The Bertz CT molecular complexity index is 1420. The SMILES string of the molecule is CCOc1ncccc1-c1ccc(C2(C(=O)N[C@H]3CCN(C)C3)CCN(c3ccc(C(F)F)cc3C#N)CC2)cn1. The normalized spacial score (nSPS) is 18.7. The van der Waals surface area contributed by atoms with E-state index in [9.17, 15) is 18.8 Å². The van der Waals surface area contributed by atoms with Crippen LogP contribution in [0.2, 0.25) is 0 Å². The molecule has 3 aromatic rings. The smallest absolute Gasteiger partial charge is 0.263 e. The van der Waals surface area contributed by atoms with Crippen LogP contribution in [-0.2, 0) is 10.2 Å². The van der Waals surface area contributed by atoms with Crippen molar-refractivity contribution < 1.29 is 18.3 Å². The lowest BCUT2D eigenvalue weighted by atomic mass is 9.72. The Hall–Kier alpha value is -4.10. The van der Waals surface area contributed by atoms with Crippen molar-refractivity contribution in [2.75, 3.05) is 44.7 Å². The van der Waals surface area contributed by atoms with Crippen LogP contribution >= 0.6 is 0 Å². The second-order valence-electron chi connectivity index (χ2n) is 10.7. The van der Waals surface area contributed by atoms with Gasteiger partial charge in [-0.15, -0.1) is 0 Å². The number of ether oxygens (including phenoxy) is 1. The Morgan fingerprint density at radius 3 is 2.63 bits per heavy atom. The molecule has 2 saturated heterocycles. The number of rotatable bonds is 8. The molecule has 2 aliphatic rings. The minimum absolute atomic E-state index is 0.0306. The Balaban J connectivity index is 1.43. The zero-order valence-corrected chi connectivity index (χ0v) is 23.3. The standard InChI is InChI=1S/C31H34F2N6O2/c1-3-41-29-25(5-4-13-35-29)26-8-7-23(19-36-26)31(30(40)37-24-10-14-38(2)20-24)11-15-39(16-12-31)27-9-6-21(28(32)33)17-22(27)18-34/h4-9,13,17,19,24,28H,3,10-12,14-16,20H2,1-2H3,(H,37,40)/t24-/m0/s1. The number of pyridine rings is 2. The maximum atomic E-state index is 14.0. The highest BCUT2D eigenvalue weighted by molar-refractivity contribution is 5.89. The number of anilines is 1. The molecule has 1 N–H and O–H groups in total. The van der Waals surface area contributed by atoms with Gasteiger partial charge in [0.05, 0.1) is 34.5 Å². The van der Waals surface area contributed by atoms with Crippen LogP contribution in [0.4, 0.5) is 14.5 Å². The summed E-state index contributed by atoms with van der Waals surface area (Å²) >= 11 is 0. The summed E-state index contributed by atoms with van der Waals surface area (Å²) in [4.78, 5) is 27.3. The number of amides is 1. The third-order valence-corrected chi connectivity index (χ3v) is 8.16. The summed E-state index contributed by atoms with van der Waals surface area (Å²) in [6, 6.07) is 13.9. The third-order valence-electron chi connectivity index (χ3n) is 8.16. The number of benzene rings is 1. The van der Waals surface area contributed by atoms with Crippen LogP contribution in [0.5, 0.6) is 5.88 Å². The molecule has 0 saturated carbocycles. The van der Waals surface area contributed by atoms with Gasteiger partial charge in [0.25, 0.3) is 6.43 Å². The quantitative estimate of drug-likeness (QED) is 0.427. The van der Waals surface area contributed by atoms with Crippen molar-refractivity contribution >= 4 is 11.6 Å². The fourth-order valence-corrected chi connectivity index (χ4v) is 5.88. The second kappa shape index (κ2) is 12.2. The van der Waals surface area contributed by atoms with Crippen molar-refractivity contribution in [3.05, 3.63) is 71.5 Å². The van der Waals surface area contributed by atoms with Crippen LogP contribution in [0.1, 0.15) is 49.3 Å². The van der Waals surface area contributed by atoms with Crippen LogP contribution < -0.4 is 15.0 Å². The van der Waals surface area contributed by atoms with E-state index >= 15 is 0 Å². The number of hydrogen-bond donors (Lipinski definition) is 1. The zero-order chi connectivity index (χ0) is 29.0. The molecule has 41 heavy (non-hydrogen) atoms. The Morgan fingerprint density at radius 2 is 2.00 bits per heavy atom. The molecule has 1 atom stereocenters. The van der Waals surface area contributed by atoms with Gasteiger partial charge < -0.3 is 19.9 Å². The van der Waals surface area contributed by atoms with E-state index in [4.69, 9.17) is 9.72 Å². The molecule has 1 aromatic carbocycles. The van der Waals surface area contributed by atoms with Crippen LogP contribution in [0, 0.1) is 11.3 Å². The van der Waals surface area contributed by atoms with E-state index < -0.39 is 11.8 Å². The van der Waals surface area contributed by atoms with Gasteiger partial charge in [0.2, 0.25) is 11.8 Å². The maximum absolute atomic E-state index is 14.0. The lowest BCUT2D eigenvalue weighted by Crippen LogP contribution is -2.54. The van der Waals surface area contributed by atoms with Crippen molar-refractivity contribution in [3.63, 3.8) is 0 Å². The van der Waals surface area contributed by atoms with Crippen LogP contribution in [-0.4, -0.2) is 66.7 Å². The van der Waals surface area contributed by atoms with Crippen LogP contribution in [0.25, 0.3) is 11.3 Å². The number of likely N-dealkylation sites (N-methyl/N-ethyl adjacent to an activating group) is 1. The topological polar surface area (TPSA) is 94.4 Å². The van der Waals surface area contributed by atoms with Gasteiger partial charge in [-0.25, -0.2) is 13.8 Å². The van der Waals surface area contributed by atoms with Crippen molar-refractivity contribution in [1.29, 1.82) is 5.26 Å². The predicted molar refractivity (Wildman–Crippen MR) is 152 cm³/mol. The fraction of sp³-hybridized carbons (Fsp3) is 0.419. The van der Waals surface area contributed by atoms with Crippen molar-refractivity contribution in [1.82, 2.24) is 20.2 Å². The zero-order valence-electron chi connectivity index (χ0n) is 23.3. The van der Waals surface area contributed by atoms with E-state index in [0.29, 0.717) is 49.8 Å². The number of nitriles is 1. The summed E-state index contributed by atoms with van der Waals surface area (Å²) in [6.45, 7) is 5.09. The molecule has 0 aliphatic carbocycles. The molecule has 214 valence electrons. The van der Waals surface area contributed by atoms with Gasteiger partial charge in [0.15, 0.2) is 0 Å². The largest absolute Gasteiger partial charge is 0.477 e. The third kappa shape index (κ3) is 5.86. The molecule has 10 heteroatoms. The molecule has 0 unspecified atom stereocenters. The number of alkyl halides is 2. The second-order valence-corrected chi connectivity index (χ2v) is 10.7. The van der Waals surface area contributed by atoms with Crippen LogP contribution in [0.3, 0.4) is 0 Å². The monoisotopic (exact) mass is 560 g/mol. The lowest BCUT2D eigenvalue weighted by Gasteiger charge is -2.42. The highest BCUT2D eigenvalue weighted by atomic mass is 19.3. The molecule has 2 aliphatic heterocycles. The number of likely N-dealkylation sites (tertiary alicyclic amines) is 1. The van der Waals surface area contributed by atoms with Gasteiger partial charge in [0, 0.05) is 43.6 Å². The molecule has 5 rings (SSSR count). The highest BCUT2D eigenvalue weighted by Gasteiger charge is 2.44. The highest BCUT2D eigenvalue weighted by Crippen LogP contribution is 2.39. The average molecular weight is 561 g/mol. The van der Waals surface area contributed by atoms with Gasteiger partial charge >= 0.3 is 0 Å². The summed E-state index contributed by atoms with van der Waals surface area (Å²) in [5.41, 5.74) is 2.12. The number of piperidine rings is 1. The number of carbonyl (C=O) groups excluding carboxylic acids is 1. The molecule has 0 bridgehead atoms. The first-order valence-corrected chi connectivity index (χ1v) is 14.0. The van der Waals surface area contributed by atoms with E-state index in [-0.39, 0.29) is 23.1 Å². The maximum Gasteiger partial charge on any atom is 0.263 e. The molecule has 2 aromatic heterocycles. The van der Waals surface area contributed by atoms with E-state index in [1.807, 2.05) is 43.1 Å². The molecular weight excluding hydrogens is 526 g/mol. The van der Waals surface area contributed by atoms with Crippen LogP contribution in [0.15, 0.2) is 54.9 Å². The Morgan fingerprint density at radius 1 is 1.20 bits per heavy atom. The number of hydrogen-bond acceptors (Lipinski definition) is 7. The summed E-state index contributed by atoms with van der Waals surface area (Å²) < 4.78 is 32.2. The molecular formula is C31H34F2N6O2. The Labute approximate surface area is 239 Å². The summed E-state index contributed by atoms with van der Waals surface area (Å²) in [6.07, 6.45) is 2.67. The number of carbonyl (C=O) groups is 1. The van der Waals surface area contributed by atoms with E-state index in [1.165, 1.54) is 12.1 Å². The number of aromatic nitrogens is 2. The van der Waals surface area contributed by atoms with Gasteiger partial charge in [-0.3, -0.25) is 9.78 Å². The molecule has 0 spiro atoms. The first-order chi connectivity index (χ1) is 19.8. The minimum atomic E-state index is -2.64. The average Bonchev–Trinajstić information content (AvgIpc) is 3.41. The number of halogens is 2. The summed E-state index contributed by atoms with van der Waals surface area (Å²) in [7, 11) is 2.05. The van der Waals surface area contributed by atoms with Gasteiger partial charge in [0.1, 0.15) is 6.07 Å². The van der Waals surface area contributed by atoms with E-state index in [1.54, 1.807) is 18.5 Å². The molecule has 8 nitrogen and oxygen atoms in total. The first kappa shape index (κ1) is 28.4. The predicted octanol–water partition coefficient (Wildman–Crippen LogP) is 4.71. The molecule has 1 amide bonds. The minimum Gasteiger partial charge on any atom is -0.477 e. The molecule has 2 fully saturated rings. The molecule has 4 heterocycles. The van der Waals surface area contributed by atoms with E-state index in [2.05, 4.69) is 21.3 Å². The number of nitrogens with one attached hydrogen (secondary N) is 1. The van der Waals surface area contributed by atoms with Gasteiger partial charge in [-0.1, -0.05) is 12.1 Å². The summed E-state index contributed by atoms with van der Waals surface area (Å²) in [5.74, 6) is 0.476. The number of nitrogens with zero attached hydrogens (tertiary/aromatic N) is 5. The summed E-state index contributed by atoms with van der Waals surface area (Å²) in [5, 5.41) is 13.0. The molecule has 0 radical (unpaired) electrons. The van der Waals surface area contributed by atoms with E-state index in [0.717, 1.165) is 30.6 Å². The Kier molecular flexibility index (Phi) is 8.45. The lowest BCUT2D eigenvalue weighted by molar-refractivity contribution is -0.128. The van der Waals surface area contributed by atoms with Crippen molar-refractivity contribution in [2.24, 2.45) is 0 Å². The first-order valence-electron chi connectivity index (χ1n) is 14.0. The van der Waals surface area contributed by atoms with Gasteiger partial charge in [-0.05, 0) is 75.7 Å².